The van der Waals surface area contributed by atoms with Crippen molar-refractivity contribution in [2.24, 2.45) is 0 Å². The molecule has 10 heteroatoms. The lowest BCUT2D eigenvalue weighted by atomic mass is 10.1. The number of carbonyl (C=O) groups excluding carboxylic acids is 2. The highest BCUT2D eigenvalue weighted by atomic mass is 32.2. The van der Waals surface area contributed by atoms with Crippen LogP contribution >= 0.6 is 0 Å². The van der Waals surface area contributed by atoms with Gasteiger partial charge in [0.15, 0.2) is 0 Å². The van der Waals surface area contributed by atoms with Crippen LogP contribution in [0.4, 0.5) is 10.1 Å². The molecule has 1 atom stereocenters. The molecule has 0 saturated carbocycles. The smallest absolute Gasteiger partial charge is 0.264 e. The number of sulfonamides is 1. The first-order valence-corrected chi connectivity index (χ1v) is 15.9. The molecule has 8 nitrogen and oxygen atoms in total. The predicted octanol–water partition coefficient (Wildman–Crippen LogP) is 6.15. The summed E-state index contributed by atoms with van der Waals surface area (Å²) in [6.45, 7) is 3.11. The Morgan fingerprint density at radius 3 is 2.07 bits per heavy atom. The molecule has 0 aromatic heterocycles. The van der Waals surface area contributed by atoms with Gasteiger partial charge in [-0.25, -0.2) is 12.8 Å². The number of hydrogen-bond donors (Lipinski definition) is 1. The minimum atomic E-state index is -4.23. The number of anilines is 1. The summed E-state index contributed by atoms with van der Waals surface area (Å²) in [6.07, 6.45) is 1.63. The van der Waals surface area contributed by atoms with E-state index in [1.54, 1.807) is 67.6 Å². The first-order chi connectivity index (χ1) is 21.2. The Kier molecular flexibility index (Phi) is 11.1. The van der Waals surface area contributed by atoms with E-state index in [-0.39, 0.29) is 22.7 Å². The maximum Gasteiger partial charge on any atom is 0.264 e. The third-order valence-electron chi connectivity index (χ3n) is 7.01. The van der Waals surface area contributed by atoms with E-state index in [9.17, 15) is 22.4 Å². The van der Waals surface area contributed by atoms with E-state index < -0.39 is 40.2 Å². The van der Waals surface area contributed by atoms with Crippen LogP contribution in [-0.4, -0.2) is 44.3 Å². The van der Waals surface area contributed by atoms with E-state index in [0.29, 0.717) is 18.0 Å². The van der Waals surface area contributed by atoms with Crippen molar-refractivity contribution in [3.8, 4) is 11.5 Å². The van der Waals surface area contributed by atoms with Gasteiger partial charge in [-0.3, -0.25) is 13.9 Å². The van der Waals surface area contributed by atoms with Crippen molar-refractivity contribution in [1.29, 1.82) is 0 Å². The molecule has 0 fully saturated rings. The second kappa shape index (κ2) is 15.2. The SMILES string of the molecule is CCCCNC(=O)[C@@H](C)N(Cc1ccccc1F)C(=O)CN(c1ccc(Oc2ccccc2)cc1)S(=O)(=O)c1ccccc1. The van der Waals surface area contributed by atoms with Crippen LogP contribution in [0, 0.1) is 5.82 Å². The third kappa shape index (κ3) is 8.23. The number of ether oxygens (including phenoxy) is 1. The Hall–Kier alpha value is -4.70. The lowest BCUT2D eigenvalue weighted by molar-refractivity contribution is -0.139. The third-order valence-corrected chi connectivity index (χ3v) is 8.80. The van der Waals surface area contributed by atoms with Crippen molar-refractivity contribution >= 4 is 27.5 Å². The molecule has 0 aliphatic rings. The van der Waals surface area contributed by atoms with Gasteiger partial charge in [-0.1, -0.05) is 67.9 Å². The first-order valence-electron chi connectivity index (χ1n) is 14.4. The van der Waals surface area contributed by atoms with E-state index in [1.807, 2.05) is 25.1 Å². The number of para-hydroxylation sites is 1. The fourth-order valence-corrected chi connectivity index (χ4v) is 5.92. The molecule has 44 heavy (non-hydrogen) atoms. The summed E-state index contributed by atoms with van der Waals surface area (Å²) in [5.74, 6) is -0.536. The van der Waals surface area contributed by atoms with Crippen molar-refractivity contribution in [2.75, 3.05) is 17.4 Å². The van der Waals surface area contributed by atoms with Gasteiger partial charge in [0.1, 0.15) is 29.9 Å². The van der Waals surface area contributed by atoms with Gasteiger partial charge in [-0.2, -0.15) is 0 Å². The molecular formula is C34H36FN3O5S. The molecule has 1 N–H and O–H groups in total. The Bertz CT molecular complexity index is 1630. The Morgan fingerprint density at radius 1 is 0.841 bits per heavy atom. The standard InChI is InChI=1S/C34H36FN3O5S/c1-3-4-23-36-34(40)26(2)37(24-27-13-11-12-18-32(27)35)33(39)25-38(44(41,42)31-16-9-6-10-17-31)28-19-21-30(22-20-28)43-29-14-7-5-8-15-29/h5-22,26H,3-4,23-25H2,1-2H3,(H,36,40)/t26-/m1/s1. The zero-order valence-corrected chi connectivity index (χ0v) is 25.5. The highest BCUT2D eigenvalue weighted by molar-refractivity contribution is 7.92. The molecule has 2 amide bonds. The summed E-state index contributed by atoms with van der Waals surface area (Å²) in [5.41, 5.74) is 0.419. The van der Waals surface area contributed by atoms with E-state index in [4.69, 9.17) is 4.74 Å². The summed E-state index contributed by atoms with van der Waals surface area (Å²) in [4.78, 5) is 28.3. The van der Waals surface area contributed by atoms with Crippen LogP contribution in [0.1, 0.15) is 32.3 Å². The number of nitrogens with one attached hydrogen (secondary N) is 1. The molecule has 4 aromatic carbocycles. The zero-order valence-electron chi connectivity index (χ0n) is 24.7. The summed E-state index contributed by atoms with van der Waals surface area (Å²) in [7, 11) is -4.23. The van der Waals surface area contributed by atoms with Gasteiger partial charge in [0, 0.05) is 18.7 Å². The normalized spacial score (nSPS) is 11.8. The fraction of sp³-hybridized carbons (Fsp3) is 0.235. The molecule has 0 heterocycles. The quantitative estimate of drug-likeness (QED) is 0.171. The second-order valence-electron chi connectivity index (χ2n) is 10.2. The summed E-state index contributed by atoms with van der Waals surface area (Å²) < 4.78 is 49.4. The molecule has 0 aliphatic carbocycles. The number of amides is 2. The highest BCUT2D eigenvalue weighted by Crippen LogP contribution is 2.28. The minimum absolute atomic E-state index is 0.0107. The fourth-order valence-electron chi connectivity index (χ4n) is 4.48. The van der Waals surface area contributed by atoms with Gasteiger partial charge >= 0.3 is 0 Å². The monoisotopic (exact) mass is 617 g/mol. The van der Waals surface area contributed by atoms with Crippen molar-refractivity contribution in [3.63, 3.8) is 0 Å². The van der Waals surface area contributed by atoms with Crippen molar-refractivity contribution in [3.05, 3.63) is 121 Å². The number of rotatable bonds is 14. The summed E-state index contributed by atoms with van der Waals surface area (Å²) in [5, 5.41) is 2.81. The predicted molar refractivity (Wildman–Crippen MR) is 168 cm³/mol. The van der Waals surface area contributed by atoms with E-state index in [0.717, 1.165) is 17.1 Å². The van der Waals surface area contributed by atoms with Crippen molar-refractivity contribution in [2.45, 2.75) is 44.2 Å². The molecule has 0 spiro atoms. The second-order valence-corrected chi connectivity index (χ2v) is 12.0. The van der Waals surface area contributed by atoms with E-state index in [1.165, 1.54) is 35.2 Å². The Balaban J connectivity index is 1.68. The van der Waals surface area contributed by atoms with Crippen LogP contribution in [0.3, 0.4) is 0 Å². The molecule has 0 saturated heterocycles. The number of carbonyl (C=O) groups is 2. The van der Waals surface area contributed by atoms with Gasteiger partial charge in [-0.15, -0.1) is 0 Å². The number of hydrogen-bond acceptors (Lipinski definition) is 5. The van der Waals surface area contributed by atoms with Crippen LogP contribution in [-0.2, 0) is 26.2 Å². The van der Waals surface area contributed by atoms with Crippen LogP contribution in [0.25, 0.3) is 0 Å². The van der Waals surface area contributed by atoms with Gasteiger partial charge in [0.2, 0.25) is 11.8 Å². The minimum Gasteiger partial charge on any atom is -0.457 e. The molecule has 0 radical (unpaired) electrons. The lowest BCUT2D eigenvalue weighted by Gasteiger charge is -2.32. The van der Waals surface area contributed by atoms with Crippen LogP contribution in [0.5, 0.6) is 11.5 Å². The average Bonchev–Trinajstić information content (AvgIpc) is 3.04. The van der Waals surface area contributed by atoms with Gasteiger partial charge in [0.05, 0.1) is 10.6 Å². The number of nitrogens with zero attached hydrogens (tertiary/aromatic N) is 2. The van der Waals surface area contributed by atoms with E-state index in [2.05, 4.69) is 5.32 Å². The average molecular weight is 618 g/mol. The Morgan fingerprint density at radius 2 is 1.43 bits per heavy atom. The van der Waals surface area contributed by atoms with Crippen LogP contribution < -0.4 is 14.4 Å². The number of benzene rings is 4. The zero-order chi connectivity index (χ0) is 31.5. The van der Waals surface area contributed by atoms with Crippen LogP contribution in [0.15, 0.2) is 114 Å². The van der Waals surface area contributed by atoms with E-state index >= 15 is 0 Å². The maximum absolute atomic E-state index is 14.7. The molecule has 4 aromatic rings. The largest absolute Gasteiger partial charge is 0.457 e. The van der Waals surface area contributed by atoms with Gasteiger partial charge < -0.3 is 15.0 Å². The number of unbranched alkanes of at least 4 members (excludes halogenated alkanes) is 1. The molecule has 0 unspecified atom stereocenters. The molecular weight excluding hydrogens is 581 g/mol. The summed E-state index contributed by atoms with van der Waals surface area (Å²) >= 11 is 0. The van der Waals surface area contributed by atoms with Crippen molar-refractivity contribution in [1.82, 2.24) is 10.2 Å². The van der Waals surface area contributed by atoms with Crippen LogP contribution in [0.2, 0.25) is 0 Å². The molecule has 0 bridgehead atoms. The lowest BCUT2D eigenvalue weighted by Crippen LogP contribution is -2.51. The summed E-state index contributed by atoms with van der Waals surface area (Å²) in [6, 6.07) is 28.2. The topological polar surface area (TPSA) is 96.0 Å². The molecule has 4 rings (SSSR count). The first kappa shape index (κ1) is 32.2. The number of halogens is 1. The Labute approximate surface area is 258 Å². The molecule has 0 aliphatic heterocycles. The van der Waals surface area contributed by atoms with Gasteiger partial charge in [-0.05, 0) is 67.9 Å². The highest BCUT2D eigenvalue weighted by Gasteiger charge is 2.32. The maximum atomic E-state index is 14.7. The van der Waals surface area contributed by atoms with Crippen molar-refractivity contribution < 1.29 is 27.1 Å². The molecule has 230 valence electrons. The van der Waals surface area contributed by atoms with Gasteiger partial charge in [0.25, 0.3) is 10.0 Å².